The topological polar surface area (TPSA) is 26.3 Å². The highest BCUT2D eigenvalue weighted by molar-refractivity contribution is 8.00. The Hall–Kier alpha value is -1.22. The molecule has 14 heavy (non-hydrogen) atoms. The van der Waals surface area contributed by atoms with Gasteiger partial charge in [-0.1, -0.05) is 36.5 Å². The fraction of sp³-hybridized carbons (Fsp3) is 0.182. The van der Waals surface area contributed by atoms with E-state index in [9.17, 15) is 4.79 Å². The lowest BCUT2D eigenvalue weighted by Gasteiger charge is -2.11. The summed E-state index contributed by atoms with van der Waals surface area (Å²) in [6.45, 7) is 5.00. The number of rotatable bonds is 4. The lowest BCUT2D eigenvalue weighted by atomic mass is 10.4. The van der Waals surface area contributed by atoms with Crippen LogP contribution in [0.5, 0.6) is 0 Å². The van der Waals surface area contributed by atoms with E-state index < -0.39 is 0 Å². The number of hydrogen-bond acceptors (Lipinski definition) is 3. The van der Waals surface area contributed by atoms with Crippen LogP contribution in [0.4, 0.5) is 0 Å². The molecule has 1 atom stereocenters. The highest BCUT2D eigenvalue weighted by Crippen LogP contribution is 2.24. The van der Waals surface area contributed by atoms with Crippen LogP contribution in [-0.2, 0) is 9.53 Å². The predicted octanol–water partition coefficient (Wildman–Crippen LogP) is 2.85. The number of carbonyl (C=O) groups excluding carboxylic acids is 1. The van der Waals surface area contributed by atoms with Gasteiger partial charge in [0.15, 0.2) is 5.44 Å². The Morgan fingerprint density at radius 2 is 2.14 bits per heavy atom. The predicted molar refractivity (Wildman–Crippen MR) is 58.1 cm³/mol. The third kappa shape index (κ3) is 3.66. The lowest BCUT2D eigenvalue weighted by molar-refractivity contribution is -0.140. The van der Waals surface area contributed by atoms with Crippen molar-refractivity contribution < 1.29 is 9.53 Å². The smallest absolute Gasteiger partial charge is 0.304 e. The maximum atomic E-state index is 10.7. The molecule has 74 valence electrons. The Morgan fingerprint density at radius 1 is 1.50 bits per heavy atom. The molecular formula is C11H12O2S. The monoisotopic (exact) mass is 208 g/mol. The number of esters is 1. The highest BCUT2D eigenvalue weighted by Gasteiger charge is 2.08. The number of carbonyl (C=O) groups is 1. The number of ether oxygens (including phenoxy) is 1. The Balaban J connectivity index is 2.57. The van der Waals surface area contributed by atoms with Crippen LogP contribution in [0.3, 0.4) is 0 Å². The van der Waals surface area contributed by atoms with Gasteiger partial charge in [0.25, 0.3) is 0 Å². The molecular weight excluding hydrogens is 196 g/mol. The number of benzene rings is 1. The van der Waals surface area contributed by atoms with Gasteiger partial charge in [0.1, 0.15) is 0 Å². The third-order valence-corrected chi connectivity index (χ3v) is 2.54. The van der Waals surface area contributed by atoms with Crippen molar-refractivity contribution in [2.75, 3.05) is 0 Å². The largest absolute Gasteiger partial charge is 0.447 e. The van der Waals surface area contributed by atoms with E-state index in [1.807, 2.05) is 30.3 Å². The summed E-state index contributed by atoms with van der Waals surface area (Å²) in [5, 5.41) is 0. The van der Waals surface area contributed by atoms with Gasteiger partial charge in [0.05, 0.1) is 0 Å². The van der Waals surface area contributed by atoms with E-state index >= 15 is 0 Å². The van der Waals surface area contributed by atoms with Crippen molar-refractivity contribution in [2.45, 2.75) is 17.3 Å². The number of hydrogen-bond donors (Lipinski definition) is 0. The summed E-state index contributed by atoms with van der Waals surface area (Å²) >= 11 is 1.46. The van der Waals surface area contributed by atoms with Crippen LogP contribution in [0.15, 0.2) is 47.9 Å². The summed E-state index contributed by atoms with van der Waals surface area (Å²) in [7, 11) is 0. The van der Waals surface area contributed by atoms with Gasteiger partial charge in [0, 0.05) is 11.8 Å². The molecule has 0 bridgehead atoms. The normalized spacial score (nSPS) is 11.8. The first kappa shape index (κ1) is 10.9. The maximum absolute atomic E-state index is 10.7. The molecule has 0 heterocycles. The molecule has 0 unspecified atom stereocenters. The Morgan fingerprint density at radius 3 is 2.64 bits per heavy atom. The Bertz CT molecular complexity index is 308. The molecule has 0 aliphatic rings. The molecule has 0 spiro atoms. The maximum Gasteiger partial charge on any atom is 0.304 e. The van der Waals surface area contributed by atoms with Crippen LogP contribution in [0.25, 0.3) is 0 Å². The first-order valence-corrected chi connectivity index (χ1v) is 5.12. The first-order valence-electron chi connectivity index (χ1n) is 4.24. The zero-order chi connectivity index (χ0) is 10.4. The molecule has 0 saturated carbocycles. The minimum atomic E-state index is -0.310. The summed E-state index contributed by atoms with van der Waals surface area (Å²) in [5.74, 6) is -0.293. The van der Waals surface area contributed by atoms with Gasteiger partial charge in [-0.2, -0.15) is 0 Å². The molecule has 0 saturated heterocycles. The summed E-state index contributed by atoms with van der Waals surface area (Å²) in [4.78, 5) is 11.8. The Labute approximate surface area is 88.0 Å². The van der Waals surface area contributed by atoms with Gasteiger partial charge in [-0.05, 0) is 18.2 Å². The van der Waals surface area contributed by atoms with Gasteiger partial charge >= 0.3 is 5.97 Å². The van der Waals surface area contributed by atoms with Crippen molar-refractivity contribution in [2.24, 2.45) is 0 Å². The molecule has 0 aromatic heterocycles. The van der Waals surface area contributed by atoms with Gasteiger partial charge in [-0.15, -0.1) is 0 Å². The SMILES string of the molecule is C=C[C@@H](OC(C)=O)Sc1ccccc1. The van der Waals surface area contributed by atoms with E-state index in [-0.39, 0.29) is 11.4 Å². The highest BCUT2D eigenvalue weighted by atomic mass is 32.2. The molecule has 1 rings (SSSR count). The van der Waals surface area contributed by atoms with E-state index in [2.05, 4.69) is 6.58 Å². The summed E-state index contributed by atoms with van der Waals surface area (Å²) in [6.07, 6.45) is 1.61. The third-order valence-electron chi connectivity index (χ3n) is 1.47. The minimum absolute atomic E-state index is 0.293. The first-order chi connectivity index (χ1) is 6.72. The average molecular weight is 208 g/mol. The van der Waals surface area contributed by atoms with Crippen LogP contribution in [0.1, 0.15) is 6.92 Å². The van der Waals surface area contributed by atoms with Crippen molar-refractivity contribution in [1.82, 2.24) is 0 Å². The molecule has 2 nitrogen and oxygen atoms in total. The minimum Gasteiger partial charge on any atom is -0.447 e. The lowest BCUT2D eigenvalue weighted by Crippen LogP contribution is -2.08. The standard InChI is InChI=1S/C11H12O2S/c1-3-11(13-9(2)12)14-10-7-5-4-6-8-10/h3-8,11H,1H2,2H3/t11-/m0/s1. The van der Waals surface area contributed by atoms with Crippen LogP contribution >= 0.6 is 11.8 Å². The summed E-state index contributed by atoms with van der Waals surface area (Å²) in [5.41, 5.74) is -0.310. The zero-order valence-electron chi connectivity index (χ0n) is 7.97. The molecule has 0 aliphatic carbocycles. The Kier molecular flexibility index (Phi) is 4.26. The zero-order valence-corrected chi connectivity index (χ0v) is 8.79. The molecule has 0 amide bonds. The van der Waals surface area contributed by atoms with Crippen LogP contribution in [-0.4, -0.2) is 11.4 Å². The molecule has 3 heteroatoms. The van der Waals surface area contributed by atoms with Crippen molar-refractivity contribution >= 4 is 17.7 Å². The summed E-state index contributed by atoms with van der Waals surface area (Å²) < 4.78 is 5.01. The average Bonchev–Trinajstić information content (AvgIpc) is 2.17. The van der Waals surface area contributed by atoms with Crippen LogP contribution < -0.4 is 0 Å². The van der Waals surface area contributed by atoms with E-state index in [1.54, 1.807) is 6.08 Å². The van der Waals surface area contributed by atoms with E-state index in [4.69, 9.17) is 4.74 Å². The molecule has 0 aliphatic heterocycles. The fourth-order valence-corrected chi connectivity index (χ4v) is 1.78. The molecule has 1 aromatic rings. The van der Waals surface area contributed by atoms with Gasteiger partial charge in [-0.3, -0.25) is 4.79 Å². The van der Waals surface area contributed by atoms with Crippen LogP contribution in [0.2, 0.25) is 0 Å². The second kappa shape index (κ2) is 5.50. The van der Waals surface area contributed by atoms with Crippen molar-refractivity contribution in [3.63, 3.8) is 0 Å². The van der Waals surface area contributed by atoms with E-state index in [0.717, 1.165) is 4.90 Å². The van der Waals surface area contributed by atoms with E-state index in [1.165, 1.54) is 18.7 Å². The summed E-state index contributed by atoms with van der Waals surface area (Å²) in [6, 6.07) is 9.75. The number of thioether (sulfide) groups is 1. The quantitative estimate of drug-likeness (QED) is 0.329. The van der Waals surface area contributed by atoms with Crippen LogP contribution in [0, 0.1) is 0 Å². The van der Waals surface area contributed by atoms with Gasteiger partial charge in [0.2, 0.25) is 0 Å². The van der Waals surface area contributed by atoms with Crippen molar-refractivity contribution in [3.05, 3.63) is 43.0 Å². The molecule has 1 aromatic carbocycles. The molecule has 0 radical (unpaired) electrons. The second-order valence-corrected chi connectivity index (χ2v) is 3.82. The van der Waals surface area contributed by atoms with Crippen molar-refractivity contribution in [3.8, 4) is 0 Å². The van der Waals surface area contributed by atoms with Gasteiger partial charge < -0.3 is 4.74 Å². The van der Waals surface area contributed by atoms with Crippen molar-refractivity contribution in [1.29, 1.82) is 0 Å². The second-order valence-electron chi connectivity index (χ2n) is 2.64. The fourth-order valence-electron chi connectivity index (χ4n) is 0.917. The molecule has 0 fully saturated rings. The van der Waals surface area contributed by atoms with E-state index in [0.29, 0.717) is 0 Å². The van der Waals surface area contributed by atoms with Gasteiger partial charge in [-0.25, -0.2) is 0 Å². The molecule has 0 N–H and O–H groups in total.